The Morgan fingerprint density at radius 3 is 2.28 bits per heavy atom. The summed E-state index contributed by atoms with van der Waals surface area (Å²) >= 11 is 5.95. The van der Waals surface area contributed by atoms with Gasteiger partial charge in [-0.25, -0.2) is 13.8 Å². The number of pyridine rings is 1. The highest BCUT2D eigenvalue weighted by Crippen LogP contribution is 2.39. The van der Waals surface area contributed by atoms with Crippen LogP contribution in [0.5, 0.6) is 5.75 Å². The van der Waals surface area contributed by atoms with Gasteiger partial charge in [-0.3, -0.25) is 9.59 Å². The van der Waals surface area contributed by atoms with E-state index in [0.717, 1.165) is 31.9 Å². The van der Waals surface area contributed by atoms with E-state index < -0.39 is 41.3 Å². The quantitative estimate of drug-likeness (QED) is 0.352. The second-order valence-electron chi connectivity index (χ2n) is 10.4. The number of alkyl halides is 3. The van der Waals surface area contributed by atoms with E-state index in [9.17, 15) is 31.5 Å². The van der Waals surface area contributed by atoms with E-state index in [1.54, 1.807) is 6.07 Å². The van der Waals surface area contributed by atoms with Crippen molar-refractivity contribution in [3.8, 4) is 5.75 Å². The van der Waals surface area contributed by atoms with Gasteiger partial charge in [0.15, 0.2) is 17.2 Å². The topological polar surface area (TPSA) is 83.6 Å². The van der Waals surface area contributed by atoms with Gasteiger partial charge in [0.1, 0.15) is 17.6 Å². The smallest absolute Gasteiger partial charge is 0.408 e. The van der Waals surface area contributed by atoms with Gasteiger partial charge < -0.3 is 20.3 Å². The predicted molar refractivity (Wildman–Crippen MR) is 134 cm³/mol. The first kappa shape index (κ1) is 28.8. The fraction of sp³-hybridized carbons (Fsp3) is 0.500. The molecule has 39 heavy (non-hydrogen) atoms. The number of fused-ring (bicyclic) bond motifs is 2. The fourth-order valence-electron chi connectivity index (χ4n) is 4.97. The third kappa shape index (κ3) is 6.37. The first-order valence-electron chi connectivity index (χ1n) is 12.4. The van der Waals surface area contributed by atoms with Crippen molar-refractivity contribution in [3.05, 3.63) is 52.7 Å². The van der Waals surface area contributed by atoms with Gasteiger partial charge in [-0.1, -0.05) is 11.6 Å². The molecule has 212 valence electrons. The number of hydrogen-bond donors (Lipinski definition) is 2. The van der Waals surface area contributed by atoms with E-state index in [1.807, 2.05) is 5.32 Å². The van der Waals surface area contributed by atoms with Gasteiger partial charge in [0.2, 0.25) is 0 Å². The molecule has 2 saturated heterocycles. The Morgan fingerprint density at radius 1 is 1.10 bits per heavy atom. The lowest BCUT2D eigenvalue weighted by molar-refractivity contribution is -0.149. The number of anilines is 1. The summed E-state index contributed by atoms with van der Waals surface area (Å²) in [5.41, 5.74) is -1.40. The normalized spacial score (nSPS) is 21.9. The van der Waals surface area contributed by atoms with Crippen LogP contribution in [0, 0.1) is 11.6 Å². The molecule has 2 aliphatic heterocycles. The minimum absolute atomic E-state index is 0.0210. The number of piperidine rings is 1. The van der Waals surface area contributed by atoms with Crippen molar-refractivity contribution in [1.82, 2.24) is 15.6 Å². The van der Waals surface area contributed by atoms with Gasteiger partial charge in [-0.2, -0.15) is 13.2 Å². The maximum Gasteiger partial charge on any atom is 0.408 e. The van der Waals surface area contributed by atoms with E-state index in [2.05, 4.69) is 15.2 Å². The van der Waals surface area contributed by atoms with Crippen LogP contribution < -0.4 is 20.3 Å². The van der Waals surface area contributed by atoms with E-state index in [4.69, 9.17) is 16.3 Å². The number of aromatic nitrogens is 1. The zero-order valence-electron chi connectivity index (χ0n) is 21.4. The van der Waals surface area contributed by atoms with Gasteiger partial charge >= 0.3 is 6.18 Å². The maximum atomic E-state index is 13.6. The number of nitrogens with one attached hydrogen (secondary N) is 2. The van der Waals surface area contributed by atoms with Crippen molar-refractivity contribution in [3.63, 3.8) is 0 Å². The molecule has 3 heterocycles. The highest BCUT2D eigenvalue weighted by molar-refractivity contribution is 6.32. The molecule has 4 rings (SSSR count). The van der Waals surface area contributed by atoms with E-state index in [1.165, 1.54) is 26.1 Å². The molecule has 13 heteroatoms. The zero-order chi connectivity index (χ0) is 28.7. The molecule has 1 unspecified atom stereocenters. The molecule has 2 bridgehead atoms. The summed E-state index contributed by atoms with van der Waals surface area (Å²) in [5.74, 6) is -3.13. The average Bonchev–Trinajstić information content (AvgIpc) is 3.11. The molecule has 2 fully saturated rings. The van der Waals surface area contributed by atoms with Gasteiger partial charge in [0.25, 0.3) is 11.8 Å². The SMILES string of the molecule is C[C@H](NC(=O)c1ccc(N2[C@@H]3CC[C@H]2CC(NC(=O)C(C)(C)Oc2cc(F)c(F)cc2Cl)C3)nc1)C(F)(F)F. The first-order chi connectivity index (χ1) is 18.2. The number of ether oxygens (including phenoxy) is 1. The largest absolute Gasteiger partial charge is 0.476 e. The van der Waals surface area contributed by atoms with Gasteiger partial charge in [0.05, 0.1) is 10.6 Å². The lowest BCUT2D eigenvalue weighted by atomic mass is 9.96. The van der Waals surface area contributed by atoms with Crippen molar-refractivity contribution in [2.75, 3.05) is 4.90 Å². The second-order valence-corrected chi connectivity index (χ2v) is 10.8. The predicted octanol–water partition coefficient (Wildman–Crippen LogP) is 5.17. The molecule has 2 aromatic rings. The van der Waals surface area contributed by atoms with E-state index >= 15 is 0 Å². The Balaban J connectivity index is 1.37. The van der Waals surface area contributed by atoms with Crippen molar-refractivity contribution < 1.29 is 36.3 Å². The van der Waals surface area contributed by atoms with Gasteiger partial charge in [0, 0.05) is 30.4 Å². The Hall–Kier alpha value is -3.15. The van der Waals surface area contributed by atoms with E-state index in [0.29, 0.717) is 18.7 Å². The Bertz CT molecular complexity index is 1230. The zero-order valence-corrected chi connectivity index (χ0v) is 22.2. The molecule has 0 radical (unpaired) electrons. The summed E-state index contributed by atoms with van der Waals surface area (Å²) in [6, 6.07) is 2.57. The first-order valence-corrected chi connectivity index (χ1v) is 12.8. The molecule has 1 aromatic carbocycles. The number of benzene rings is 1. The highest BCUT2D eigenvalue weighted by atomic mass is 35.5. The summed E-state index contributed by atoms with van der Waals surface area (Å²) in [6.07, 6.45) is -0.364. The molecule has 7 nitrogen and oxygen atoms in total. The molecule has 2 N–H and O–H groups in total. The molecule has 0 saturated carbocycles. The van der Waals surface area contributed by atoms with Crippen LogP contribution in [0.4, 0.5) is 27.8 Å². The lowest BCUT2D eigenvalue weighted by Crippen LogP contribution is -2.55. The number of hydrogen-bond acceptors (Lipinski definition) is 5. The van der Waals surface area contributed by atoms with Crippen LogP contribution in [-0.2, 0) is 4.79 Å². The number of rotatable bonds is 7. The Morgan fingerprint density at radius 2 is 1.72 bits per heavy atom. The second kappa shape index (κ2) is 10.8. The summed E-state index contributed by atoms with van der Waals surface area (Å²) in [5, 5.41) is 4.74. The van der Waals surface area contributed by atoms with E-state index in [-0.39, 0.29) is 34.5 Å². The summed E-state index contributed by atoms with van der Waals surface area (Å²) in [4.78, 5) is 31.7. The van der Waals surface area contributed by atoms with Crippen LogP contribution in [0.25, 0.3) is 0 Å². The fourth-order valence-corrected chi connectivity index (χ4v) is 5.16. The maximum absolute atomic E-state index is 13.6. The molecule has 2 aliphatic rings. The highest BCUT2D eigenvalue weighted by Gasteiger charge is 2.43. The molecule has 0 spiro atoms. The molecular formula is C26H28ClF5N4O3. The van der Waals surface area contributed by atoms with Crippen LogP contribution in [0.3, 0.4) is 0 Å². The summed E-state index contributed by atoms with van der Waals surface area (Å²) < 4.78 is 70.9. The summed E-state index contributed by atoms with van der Waals surface area (Å²) in [7, 11) is 0. The minimum Gasteiger partial charge on any atom is -0.476 e. The number of halogens is 6. The molecular weight excluding hydrogens is 547 g/mol. The number of carbonyl (C=O) groups excluding carboxylic acids is 2. The van der Waals surface area contributed by atoms with Gasteiger partial charge in [-0.05, 0) is 64.7 Å². The number of nitrogens with zero attached hydrogens (tertiary/aromatic N) is 2. The molecule has 4 atom stereocenters. The van der Waals surface area contributed by atoms with Crippen LogP contribution in [0.1, 0.15) is 56.8 Å². The third-order valence-electron chi connectivity index (χ3n) is 7.07. The van der Waals surface area contributed by atoms with Crippen LogP contribution >= 0.6 is 11.6 Å². The Labute approximate surface area is 227 Å². The summed E-state index contributed by atoms with van der Waals surface area (Å²) in [6.45, 7) is 3.87. The van der Waals surface area contributed by atoms with Crippen molar-refractivity contribution in [2.24, 2.45) is 0 Å². The minimum atomic E-state index is -4.55. The average molecular weight is 575 g/mol. The van der Waals surface area contributed by atoms with Crippen molar-refractivity contribution in [1.29, 1.82) is 0 Å². The van der Waals surface area contributed by atoms with Crippen molar-refractivity contribution in [2.45, 2.75) is 82.4 Å². The Kier molecular flexibility index (Phi) is 7.98. The number of amides is 2. The standard InChI is InChI=1S/C26H28ClF5N4O3/c1-13(26(30,31)32)34-23(37)14-4-7-22(33-12-14)36-16-5-6-17(36)9-15(8-16)35-24(38)25(2,3)39-21-11-20(29)19(28)10-18(21)27/h4,7,10-13,15-17H,5-6,8-9H2,1-3H3,(H,34,37)(H,35,38)/t13-,15?,16-,17+/m0/s1. The molecule has 1 aromatic heterocycles. The van der Waals surface area contributed by atoms with Crippen molar-refractivity contribution >= 4 is 29.2 Å². The molecule has 0 aliphatic carbocycles. The third-order valence-corrected chi connectivity index (χ3v) is 7.36. The van der Waals surface area contributed by atoms with Crippen LogP contribution in [0.2, 0.25) is 5.02 Å². The number of carbonyl (C=O) groups is 2. The van der Waals surface area contributed by atoms with Crippen LogP contribution in [-0.4, -0.2) is 52.7 Å². The lowest BCUT2D eigenvalue weighted by Gasteiger charge is -2.40. The molecule has 2 amide bonds. The van der Waals surface area contributed by atoms with Gasteiger partial charge in [-0.15, -0.1) is 0 Å². The monoisotopic (exact) mass is 574 g/mol. The van der Waals surface area contributed by atoms with Crippen LogP contribution in [0.15, 0.2) is 30.5 Å².